The van der Waals surface area contributed by atoms with Crippen LogP contribution in [0.2, 0.25) is 0 Å². The van der Waals surface area contributed by atoms with E-state index in [0.29, 0.717) is 22.3 Å². The molecule has 0 atom stereocenters. The number of nitrogens with zero attached hydrogens (tertiary/aromatic N) is 1. The van der Waals surface area contributed by atoms with Crippen molar-refractivity contribution < 1.29 is 18.7 Å². The van der Waals surface area contributed by atoms with Gasteiger partial charge < -0.3 is 14.8 Å². The van der Waals surface area contributed by atoms with Crippen molar-refractivity contribution in [3.05, 3.63) is 94.9 Å². The Balaban J connectivity index is 1.58. The van der Waals surface area contributed by atoms with Crippen molar-refractivity contribution in [1.29, 1.82) is 0 Å². The zero-order valence-electron chi connectivity index (χ0n) is 17.6. The van der Waals surface area contributed by atoms with Gasteiger partial charge in [0, 0.05) is 5.56 Å². The first kappa shape index (κ1) is 21.5. The maximum Gasteiger partial charge on any atom is 0.281 e. The molecule has 0 saturated carbocycles. The molecule has 5 nitrogen and oxygen atoms in total. The van der Waals surface area contributed by atoms with Crippen molar-refractivity contribution in [2.45, 2.75) is 13.5 Å². The number of benzene rings is 3. The molecule has 4 rings (SSSR count). The molecule has 7 heteroatoms. The second kappa shape index (κ2) is 9.20. The predicted molar refractivity (Wildman–Crippen MR) is 126 cm³/mol. The number of carbonyl (C=O) groups is 1. The molecule has 1 aliphatic rings. The molecule has 162 valence electrons. The largest absolute Gasteiger partial charge is 0.496 e. The minimum atomic E-state index is -0.324. The second-order valence-electron chi connectivity index (χ2n) is 7.23. The van der Waals surface area contributed by atoms with Crippen LogP contribution in [-0.2, 0) is 11.4 Å². The summed E-state index contributed by atoms with van der Waals surface area (Å²) in [5.41, 5.74) is 3.66. The molecule has 1 heterocycles. The summed E-state index contributed by atoms with van der Waals surface area (Å²) in [5.74, 6) is 0.653. The molecule has 3 aromatic carbocycles. The number of amides is 1. The first-order valence-corrected chi connectivity index (χ1v) is 10.3. The van der Waals surface area contributed by atoms with E-state index >= 15 is 0 Å². The van der Waals surface area contributed by atoms with Crippen LogP contribution in [0.4, 0.5) is 10.1 Å². The Bertz CT molecular complexity index is 1210. The van der Waals surface area contributed by atoms with Gasteiger partial charge in [-0.1, -0.05) is 24.3 Å². The van der Waals surface area contributed by atoms with Gasteiger partial charge >= 0.3 is 0 Å². The fourth-order valence-corrected chi connectivity index (χ4v) is 3.72. The fraction of sp³-hybridized carbons (Fsp3) is 0.120. The molecule has 1 saturated heterocycles. The third-order valence-electron chi connectivity index (χ3n) is 5.06. The van der Waals surface area contributed by atoms with Crippen LogP contribution in [-0.4, -0.2) is 18.1 Å². The predicted octanol–water partition coefficient (Wildman–Crippen LogP) is 4.98. The minimum absolute atomic E-state index is 0.218. The summed E-state index contributed by atoms with van der Waals surface area (Å²) >= 11 is 5.41. The Morgan fingerprint density at radius 1 is 1.09 bits per heavy atom. The second-order valence-corrected chi connectivity index (χ2v) is 7.62. The highest BCUT2D eigenvalue weighted by atomic mass is 32.1. The lowest BCUT2D eigenvalue weighted by molar-refractivity contribution is -0.113. The molecule has 3 aromatic rings. The number of methoxy groups -OCH3 is 1. The summed E-state index contributed by atoms with van der Waals surface area (Å²) < 4.78 is 24.3. The van der Waals surface area contributed by atoms with Crippen LogP contribution in [0, 0.1) is 12.7 Å². The minimum Gasteiger partial charge on any atom is -0.496 e. The lowest BCUT2D eigenvalue weighted by Crippen LogP contribution is -2.30. The van der Waals surface area contributed by atoms with Crippen LogP contribution in [0.1, 0.15) is 16.7 Å². The summed E-state index contributed by atoms with van der Waals surface area (Å²) in [7, 11) is 1.58. The van der Waals surface area contributed by atoms with Gasteiger partial charge in [-0.05, 0) is 78.8 Å². The Morgan fingerprint density at radius 2 is 1.84 bits per heavy atom. The monoisotopic (exact) mass is 448 g/mol. The summed E-state index contributed by atoms with van der Waals surface area (Å²) in [6.07, 6.45) is 1.74. The molecule has 1 fully saturated rings. The number of carbonyl (C=O) groups excluding carboxylic acids is 1. The van der Waals surface area contributed by atoms with Gasteiger partial charge in [-0.3, -0.25) is 9.69 Å². The molecule has 0 aromatic heterocycles. The van der Waals surface area contributed by atoms with Crippen molar-refractivity contribution in [1.82, 2.24) is 5.32 Å². The average molecular weight is 449 g/mol. The van der Waals surface area contributed by atoms with Crippen LogP contribution in [0.5, 0.6) is 11.5 Å². The summed E-state index contributed by atoms with van der Waals surface area (Å²) in [5, 5.41) is 3.35. The number of thiocarbonyl (C=S) groups is 1. The first-order chi connectivity index (χ1) is 15.5. The van der Waals surface area contributed by atoms with Crippen molar-refractivity contribution >= 4 is 35.0 Å². The van der Waals surface area contributed by atoms with E-state index in [4.69, 9.17) is 21.7 Å². The number of ether oxygens (including phenoxy) is 2. The number of hydrogen-bond acceptors (Lipinski definition) is 4. The number of anilines is 1. The fourth-order valence-electron chi connectivity index (χ4n) is 3.43. The maximum atomic E-state index is 13.1. The zero-order valence-corrected chi connectivity index (χ0v) is 18.4. The van der Waals surface area contributed by atoms with Gasteiger partial charge in [0.1, 0.15) is 29.6 Å². The van der Waals surface area contributed by atoms with Gasteiger partial charge in [0.15, 0.2) is 5.11 Å². The highest BCUT2D eigenvalue weighted by molar-refractivity contribution is 7.80. The molecular weight excluding hydrogens is 427 g/mol. The van der Waals surface area contributed by atoms with Gasteiger partial charge in [0.05, 0.1) is 12.8 Å². The molecule has 1 N–H and O–H groups in total. The molecule has 0 unspecified atom stereocenters. The standard InChI is InChI=1S/C25H21FN2O3S/c1-16-5-3-4-6-22(16)28-24(29)21(27-25(28)32)14-17-7-12-23(30-2)18(13-17)15-31-20-10-8-19(26)9-11-20/h3-14H,15H2,1-2H3,(H,27,32)/b21-14+. The smallest absolute Gasteiger partial charge is 0.281 e. The molecule has 0 aliphatic carbocycles. The maximum absolute atomic E-state index is 13.1. The quantitative estimate of drug-likeness (QED) is 0.426. The number of rotatable bonds is 6. The third kappa shape index (κ3) is 4.48. The average Bonchev–Trinajstić information content (AvgIpc) is 3.06. The van der Waals surface area contributed by atoms with E-state index in [-0.39, 0.29) is 18.3 Å². The highest BCUT2D eigenvalue weighted by Crippen LogP contribution is 2.27. The van der Waals surface area contributed by atoms with E-state index in [9.17, 15) is 9.18 Å². The van der Waals surface area contributed by atoms with Crippen molar-refractivity contribution in [2.75, 3.05) is 12.0 Å². The number of hydrogen-bond donors (Lipinski definition) is 1. The van der Waals surface area contributed by atoms with Crippen LogP contribution in [0.25, 0.3) is 6.08 Å². The molecule has 32 heavy (non-hydrogen) atoms. The van der Waals surface area contributed by atoms with Gasteiger partial charge in [0.2, 0.25) is 0 Å². The third-order valence-corrected chi connectivity index (χ3v) is 5.34. The van der Waals surface area contributed by atoms with Crippen LogP contribution in [0.15, 0.2) is 72.4 Å². The van der Waals surface area contributed by atoms with Gasteiger partial charge in [-0.15, -0.1) is 0 Å². The van der Waals surface area contributed by atoms with E-state index in [1.807, 2.05) is 49.4 Å². The van der Waals surface area contributed by atoms with Crippen molar-refractivity contribution in [2.24, 2.45) is 0 Å². The SMILES string of the molecule is COc1ccc(/C=C2/NC(=S)N(c3ccccc3C)C2=O)cc1COc1ccc(F)cc1. The Hall–Kier alpha value is -3.71. The topological polar surface area (TPSA) is 50.8 Å². The van der Waals surface area contributed by atoms with Crippen molar-refractivity contribution in [3.8, 4) is 11.5 Å². The van der Waals surface area contributed by atoms with E-state index < -0.39 is 0 Å². The van der Waals surface area contributed by atoms with Crippen LogP contribution >= 0.6 is 12.2 Å². The van der Waals surface area contributed by atoms with Gasteiger partial charge in [0.25, 0.3) is 5.91 Å². The lowest BCUT2D eigenvalue weighted by Gasteiger charge is -2.16. The summed E-state index contributed by atoms with van der Waals surface area (Å²) in [4.78, 5) is 14.5. The molecule has 0 radical (unpaired) electrons. The molecule has 0 bridgehead atoms. The summed E-state index contributed by atoms with van der Waals surface area (Å²) in [6, 6.07) is 18.9. The van der Waals surface area contributed by atoms with Crippen LogP contribution in [0.3, 0.4) is 0 Å². The normalized spacial score (nSPS) is 14.6. The van der Waals surface area contributed by atoms with Gasteiger partial charge in [-0.2, -0.15) is 0 Å². The van der Waals surface area contributed by atoms with E-state index in [0.717, 1.165) is 22.4 Å². The van der Waals surface area contributed by atoms with E-state index in [1.54, 1.807) is 25.3 Å². The Kier molecular flexibility index (Phi) is 6.18. The van der Waals surface area contributed by atoms with Gasteiger partial charge in [-0.25, -0.2) is 4.39 Å². The molecule has 1 amide bonds. The Labute approximate surface area is 191 Å². The zero-order chi connectivity index (χ0) is 22.7. The number of para-hydroxylation sites is 1. The number of aryl methyl sites for hydroxylation is 1. The lowest BCUT2D eigenvalue weighted by atomic mass is 10.1. The summed E-state index contributed by atoms with van der Waals surface area (Å²) in [6.45, 7) is 2.16. The molecular formula is C25H21FN2O3S. The Morgan fingerprint density at radius 3 is 2.56 bits per heavy atom. The van der Waals surface area contributed by atoms with E-state index in [1.165, 1.54) is 17.0 Å². The van der Waals surface area contributed by atoms with Crippen molar-refractivity contribution in [3.63, 3.8) is 0 Å². The first-order valence-electron chi connectivity index (χ1n) is 9.94. The molecule has 1 aliphatic heterocycles. The number of nitrogens with one attached hydrogen (secondary N) is 1. The van der Waals surface area contributed by atoms with Crippen LogP contribution < -0.4 is 19.7 Å². The van der Waals surface area contributed by atoms with E-state index in [2.05, 4.69) is 5.32 Å². The highest BCUT2D eigenvalue weighted by Gasteiger charge is 2.32. The number of halogens is 1. The molecule has 0 spiro atoms.